The maximum absolute atomic E-state index is 12.0. The largest absolute Gasteiger partial charge is 0.377 e. The van der Waals surface area contributed by atoms with Crippen molar-refractivity contribution in [2.45, 2.75) is 25.5 Å². The first-order chi connectivity index (χ1) is 9.83. The summed E-state index contributed by atoms with van der Waals surface area (Å²) in [7, 11) is 0. The molecule has 0 aromatic carbocycles. The Kier molecular flexibility index (Phi) is 4.28. The van der Waals surface area contributed by atoms with Crippen molar-refractivity contribution in [3.05, 3.63) is 30.1 Å². The molecule has 20 heavy (non-hydrogen) atoms. The van der Waals surface area contributed by atoms with Crippen LogP contribution in [0.3, 0.4) is 0 Å². The number of carbonyl (C=O) groups is 1. The van der Waals surface area contributed by atoms with Crippen LogP contribution >= 0.6 is 0 Å². The summed E-state index contributed by atoms with van der Waals surface area (Å²) in [5.74, 6) is 1.19. The van der Waals surface area contributed by atoms with Crippen LogP contribution < -0.4 is 10.6 Å². The summed E-state index contributed by atoms with van der Waals surface area (Å²) in [6.07, 6.45) is 5.19. The van der Waals surface area contributed by atoms with E-state index in [1.807, 2.05) is 12.1 Å². The van der Waals surface area contributed by atoms with E-state index in [2.05, 4.69) is 15.6 Å². The third kappa shape index (κ3) is 3.16. The molecule has 0 spiro atoms. The number of rotatable bonds is 4. The summed E-state index contributed by atoms with van der Waals surface area (Å²) in [4.78, 5) is 16.1. The van der Waals surface area contributed by atoms with Gasteiger partial charge < -0.3 is 15.4 Å². The van der Waals surface area contributed by atoms with E-state index in [4.69, 9.17) is 4.74 Å². The van der Waals surface area contributed by atoms with Crippen molar-refractivity contribution >= 4 is 5.91 Å². The number of fused-ring (bicyclic) bond motifs is 1. The van der Waals surface area contributed by atoms with Crippen LogP contribution in [-0.2, 0) is 16.1 Å². The van der Waals surface area contributed by atoms with E-state index in [9.17, 15) is 4.79 Å². The Morgan fingerprint density at radius 3 is 3.35 bits per heavy atom. The highest BCUT2D eigenvalue weighted by molar-refractivity contribution is 5.76. The summed E-state index contributed by atoms with van der Waals surface area (Å²) in [5.41, 5.74) is 1.02. The second-order valence-electron chi connectivity index (χ2n) is 5.63. The predicted octanol–water partition coefficient (Wildman–Crippen LogP) is 0.712. The molecule has 2 aliphatic rings. The second kappa shape index (κ2) is 6.33. The van der Waals surface area contributed by atoms with Crippen LogP contribution in [-0.4, -0.2) is 36.7 Å². The lowest BCUT2D eigenvalue weighted by Gasteiger charge is -2.27. The lowest BCUT2D eigenvalue weighted by atomic mass is 9.84. The highest BCUT2D eigenvalue weighted by Gasteiger charge is 2.39. The lowest BCUT2D eigenvalue weighted by Crippen LogP contribution is -2.39. The Balaban J connectivity index is 1.47. The van der Waals surface area contributed by atoms with Crippen molar-refractivity contribution in [1.82, 2.24) is 15.6 Å². The molecule has 1 amide bonds. The van der Waals surface area contributed by atoms with Gasteiger partial charge in [-0.2, -0.15) is 0 Å². The monoisotopic (exact) mass is 275 g/mol. The zero-order chi connectivity index (χ0) is 13.8. The van der Waals surface area contributed by atoms with E-state index in [1.165, 1.54) is 0 Å². The Labute approximate surface area is 119 Å². The molecule has 2 N–H and O–H groups in total. The van der Waals surface area contributed by atoms with Crippen LogP contribution in [0.4, 0.5) is 0 Å². The van der Waals surface area contributed by atoms with Crippen molar-refractivity contribution in [1.29, 1.82) is 0 Å². The van der Waals surface area contributed by atoms with E-state index in [-0.39, 0.29) is 12.0 Å². The minimum Gasteiger partial charge on any atom is -0.377 e. The third-order valence-corrected chi connectivity index (χ3v) is 4.27. The Bertz CT molecular complexity index is 452. The van der Waals surface area contributed by atoms with Gasteiger partial charge in [0, 0.05) is 31.4 Å². The quantitative estimate of drug-likeness (QED) is 0.849. The molecular formula is C15H21N3O2. The fourth-order valence-electron chi connectivity index (χ4n) is 3.15. The first kappa shape index (κ1) is 13.5. The molecule has 2 aliphatic heterocycles. The van der Waals surface area contributed by atoms with Crippen LogP contribution in [0.2, 0.25) is 0 Å². The van der Waals surface area contributed by atoms with Gasteiger partial charge in [-0.3, -0.25) is 9.78 Å². The Morgan fingerprint density at radius 2 is 2.50 bits per heavy atom. The van der Waals surface area contributed by atoms with E-state index in [1.54, 1.807) is 12.4 Å². The smallest absolute Gasteiger partial charge is 0.222 e. The van der Waals surface area contributed by atoms with Gasteiger partial charge in [0.25, 0.3) is 0 Å². The van der Waals surface area contributed by atoms with E-state index in [0.717, 1.165) is 31.7 Å². The average molecular weight is 275 g/mol. The number of nitrogens with one attached hydrogen (secondary N) is 2. The highest BCUT2D eigenvalue weighted by Crippen LogP contribution is 2.33. The van der Waals surface area contributed by atoms with Crippen LogP contribution in [0.25, 0.3) is 0 Å². The molecule has 1 aromatic rings. The van der Waals surface area contributed by atoms with Crippen LogP contribution in [0, 0.1) is 11.8 Å². The molecule has 3 heterocycles. The molecule has 2 fully saturated rings. The van der Waals surface area contributed by atoms with E-state index in [0.29, 0.717) is 24.8 Å². The van der Waals surface area contributed by atoms with E-state index >= 15 is 0 Å². The maximum Gasteiger partial charge on any atom is 0.222 e. The third-order valence-electron chi connectivity index (χ3n) is 4.27. The molecule has 3 rings (SSSR count). The normalized spacial score (nSPS) is 28.9. The number of piperidine rings is 1. The summed E-state index contributed by atoms with van der Waals surface area (Å²) < 4.78 is 5.81. The number of amides is 1. The molecule has 5 nitrogen and oxygen atoms in total. The van der Waals surface area contributed by atoms with Crippen molar-refractivity contribution in [3.8, 4) is 0 Å². The maximum atomic E-state index is 12.0. The average Bonchev–Trinajstić information content (AvgIpc) is 2.90. The van der Waals surface area contributed by atoms with Crippen LogP contribution in [0.15, 0.2) is 24.5 Å². The molecule has 0 aliphatic carbocycles. The summed E-state index contributed by atoms with van der Waals surface area (Å²) >= 11 is 0. The van der Waals surface area contributed by atoms with Gasteiger partial charge in [0.1, 0.15) is 0 Å². The number of hydrogen-bond acceptors (Lipinski definition) is 4. The number of carbonyl (C=O) groups excluding carboxylic acids is 1. The van der Waals surface area contributed by atoms with Crippen LogP contribution in [0.5, 0.6) is 0 Å². The van der Waals surface area contributed by atoms with Gasteiger partial charge in [0.15, 0.2) is 0 Å². The molecule has 0 saturated carbocycles. The minimum atomic E-state index is 0.0676. The zero-order valence-electron chi connectivity index (χ0n) is 11.5. The van der Waals surface area contributed by atoms with Crippen molar-refractivity contribution in [3.63, 3.8) is 0 Å². The van der Waals surface area contributed by atoms with Crippen LogP contribution in [0.1, 0.15) is 18.4 Å². The summed E-state index contributed by atoms with van der Waals surface area (Å²) in [5, 5.41) is 6.34. The second-order valence-corrected chi connectivity index (χ2v) is 5.63. The molecule has 0 bridgehead atoms. The highest BCUT2D eigenvalue weighted by atomic mass is 16.5. The van der Waals surface area contributed by atoms with Gasteiger partial charge in [0.05, 0.1) is 19.1 Å². The summed E-state index contributed by atoms with van der Waals surface area (Å²) in [6, 6.07) is 3.84. The summed E-state index contributed by atoms with van der Waals surface area (Å²) in [6.45, 7) is 3.39. The molecule has 1 aromatic heterocycles. The first-order valence-electron chi connectivity index (χ1n) is 7.31. The number of hydrogen-bond donors (Lipinski definition) is 2. The molecule has 0 unspecified atom stereocenters. The minimum absolute atomic E-state index is 0.0676. The van der Waals surface area contributed by atoms with Gasteiger partial charge in [-0.1, -0.05) is 6.07 Å². The predicted molar refractivity (Wildman–Crippen MR) is 74.9 cm³/mol. The molecule has 2 saturated heterocycles. The number of ether oxygens (including phenoxy) is 1. The molecule has 0 radical (unpaired) electrons. The van der Waals surface area contributed by atoms with Gasteiger partial charge in [-0.15, -0.1) is 0 Å². The van der Waals surface area contributed by atoms with Crippen molar-refractivity contribution < 1.29 is 9.53 Å². The molecular weight excluding hydrogens is 254 g/mol. The first-order valence-corrected chi connectivity index (χ1v) is 7.31. The number of pyridine rings is 1. The van der Waals surface area contributed by atoms with Gasteiger partial charge in [0.2, 0.25) is 5.91 Å². The van der Waals surface area contributed by atoms with Crippen molar-refractivity contribution in [2.24, 2.45) is 11.8 Å². The molecule has 108 valence electrons. The SMILES string of the molecule is O=C(C[C@@H]1OC[C@@H]2CNCC[C@@H]21)NCc1cccnc1. The van der Waals surface area contributed by atoms with Gasteiger partial charge in [-0.25, -0.2) is 0 Å². The fraction of sp³-hybridized carbons (Fsp3) is 0.600. The van der Waals surface area contributed by atoms with E-state index < -0.39 is 0 Å². The Hall–Kier alpha value is -1.46. The number of nitrogens with zero attached hydrogens (tertiary/aromatic N) is 1. The topological polar surface area (TPSA) is 63.2 Å². The number of aromatic nitrogens is 1. The Morgan fingerprint density at radius 1 is 1.55 bits per heavy atom. The lowest BCUT2D eigenvalue weighted by molar-refractivity contribution is -0.123. The van der Waals surface area contributed by atoms with Crippen molar-refractivity contribution in [2.75, 3.05) is 19.7 Å². The molecule has 5 heteroatoms. The van der Waals surface area contributed by atoms with Gasteiger partial charge in [-0.05, 0) is 30.5 Å². The standard InChI is InChI=1S/C15H21N3O2/c19-15(18-8-11-2-1-4-16-7-11)6-14-13-3-5-17-9-12(13)10-20-14/h1-2,4,7,12-14,17H,3,5-6,8-10H2,(H,18,19)/t12-,13-,14-/m0/s1. The fourth-order valence-corrected chi connectivity index (χ4v) is 3.15. The molecule has 3 atom stereocenters. The zero-order valence-corrected chi connectivity index (χ0v) is 11.5. The van der Waals surface area contributed by atoms with Gasteiger partial charge >= 0.3 is 0 Å².